The second kappa shape index (κ2) is 12.3. The number of thioether (sulfide) groups is 2. The summed E-state index contributed by atoms with van der Waals surface area (Å²) >= 11 is 3.60. The van der Waals surface area contributed by atoms with Gasteiger partial charge in [-0.25, -0.2) is 0 Å². The molecule has 2 heterocycles. The molecule has 0 spiro atoms. The number of amides is 2. The normalized spacial score (nSPS) is 10.3. The predicted octanol–water partition coefficient (Wildman–Crippen LogP) is 2.10. The number of hydrogen-bond donors (Lipinski definition) is 2. The number of nitrogens with zero attached hydrogens (tertiary/aromatic N) is 2. The molecule has 2 aromatic rings. The van der Waals surface area contributed by atoms with E-state index in [1.165, 1.54) is 0 Å². The van der Waals surface area contributed by atoms with Gasteiger partial charge in [-0.05, 0) is 24.3 Å². The van der Waals surface area contributed by atoms with Crippen LogP contribution in [0.1, 0.15) is 21.0 Å². The molecular formula is C18H22N4O2S2. The Morgan fingerprint density at radius 3 is 1.58 bits per heavy atom. The van der Waals surface area contributed by atoms with Crippen molar-refractivity contribution in [1.29, 1.82) is 0 Å². The highest BCUT2D eigenvalue weighted by molar-refractivity contribution is 8.02. The molecular weight excluding hydrogens is 368 g/mol. The summed E-state index contributed by atoms with van der Waals surface area (Å²) in [4.78, 5) is 31.6. The van der Waals surface area contributed by atoms with Crippen molar-refractivity contribution in [3.8, 4) is 0 Å². The summed E-state index contributed by atoms with van der Waals surface area (Å²) in [7, 11) is 0. The van der Waals surface area contributed by atoms with E-state index in [0.29, 0.717) is 24.5 Å². The fraction of sp³-hybridized carbons (Fsp3) is 0.333. The molecule has 2 rings (SSSR count). The maximum absolute atomic E-state index is 11.8. The van der Waals surface area contributed by atoms with Crippen molar-refractivity contribution in [2.45, 2.75) is 0 Å². The van der Waals surface area contributed by atoms with Gasteiger partial charge in [0.1, 0.15) is 11.4 Å². The van der Waals surface area contributed by atoms with Crippen LogP contribution >= 0.6 is 23.5 Å². The molecule has 0 bridgehead atoms. The predicted molar refractivity (Wildman–Crippen MR) is 108 cm³/mol. The molecule has 0 aliphatic carbocycles. The largest absolute Gasteiger partial charge is 0.350 e. The summed E-state index contributed by atoms with van der Waals surface area (Å²) in [5.41, 5.74) is 0.890. The molecule has 2 amide bonds. The zero-order valence-electron chi connectivity index (χ0n) is 14.4. The zero-order chi connectivity index (χ0) is 18.5. The molecule has 26 heavy (non-hydrogen) atoms. The first kappa shape index (κ1) is 20.3. The Balaban J connectivity index is 1.41. The average molecular weight is 391 g/mol. The second-order valence-electron chi connectivity index (χ2n) is 5.17. The van der Waals surface area contributed by atoms with E-state index in [2.05, 4.69) is 20.6 Å². The van der Waals surface area contributed by atoms with Crippen LogP contribution in [0.4, 0.5) is 0 Å². The molecule has 0 radical (unpaired) electrons. The van der Waals surface area contributed by atoms with Crippen LogP contribution in [0.15, 0.2) is 48.8 Å². The molecule has 0 fully saturated rings. The van der Waals surface area contributed by atoms with Gasteiger partial charge in [-0.1, -0.05) is 12.1 Å². The quantitative estimate of drug-likeness (QED) is 0.572. The summed E-state index contributed by atoms with van der Waals surface area (Å²) in [5, 5.41) is 5.71. The summed E-state index contributed by atoms with van der Waals surface area (Å²) in [6, 6.07) is 10.6. The Labute approximate surface area is 162 Å². The minimum absolute atomic E-state index is 0.135. The fourth-order valence-corrected chi connectivity index (χ4v) is 3.81. The van der Waals surface area contributed by atoms with Crippen molar-refractivity contribution in [3.05, 3.63) is 60.2 Å². The van der Waals surface area contributed by atoms with Gasteiger partial charge in [-0.3, -0.25) is 19.6 Å². The minimum atomic E-state index is -0.135. The van der Waals surface area contributed by atoms with E-state index >= 15 is 0 Å². The Morgan fingerprint density at radius 1 is 0.731 bits per heavy atom. The number of carbonyl (C=O) groups is 2. The first-order valence-electron chi connectivity index (χ1n) is 8.31. The van der Waals surface area contributed by atoms with E-state index in [-0.39, 0.29) is 11.8 Å². The molecule has 0 saturated heterocycles. The minimum Gasteiger partial charge on any atom is -0.350 e. The molecule has 2 aromatic heterocycles. The third-order valence-electron chi connectivity index (χ3n) is 3.23. The van der Waals surface area contributed by atoms with Crippen LogP contribution in [-0.4, -0.2) is 57.9 Å². The van der Waals surface area contributed by atoms with Crippen LogP contribution in [0.3, 0.4) is 0 Å². The number of aromatic nitrogens is 2. The van der Waals surface area contributed by atoms with Crippen LogP contribution in [0.2, 0.25) is 0 Å². The van der Waals surface area contributed by atoms with Crippen LogP contribution in [0.25, 0.3) is 0 Å². The SMILES string of the molecule is O=C(NCCSCCSCCNC(=O)c1ccccn1)c1ccccn1. The van der Waals surface area contributed by atoms with Crippen LogP contribution in [0, 0.1) is 0 Å². The number of nitrogens with one attached hydrogen (secondary N) is 2. The van der Waals surface area contributed by atoms with Crippen molar-refractivity contribution in [1.82, 2.24) is 20.6 Å². The van der Waals surface area contributed by atoms with Gasteiger partial charge in [-0.2, -0.15) is 23.5 Å². The van der Waals surface area contributed by atoms with Crippen molar-refractivity contribution in [2.24, 2.45) is 0 Å². The molecule has 0 aliphatic rings. The highest BCUT2D eigenvalue weighted by Crippen LogP contribution is 2.06. The summed E-state index contributed by atoms with van der Waals surface area (Å²) in [6.07, 6.45) is 3.22. The lowest BCUT2D eigenvalue weighted by Gasteiger charge is -2.06. The van der Waals surface area contributed by atoms with E-state index in [1.807, 2.05) is 0 Å². The van der Waals surface area contributed by atoms with E-state index in [0.717, 1.165) is 23.0 Å². The molecule has 0 atom stereocenters. The van der Waals surface area contributed by atoms with Gasteiger partial charge in [-0.15, -0.1) is 0 Å². The van der Waals surface area contributed by atoms with Crippen LogP contribution in [-0.2, 0) is 0 Å². The highest BCUT2D eigenvalue weighted by Gasteiger charge is 2.05. The molecule has 2 N–H and O–H groups in total. The van der Waals surface area contributed by atoms with E-state index in [4.69, 9.17) is 0 Å². The monoisotopic (exact) mass is 390 g/mol. The van der Waals surface area contributed by atoms with Gasteiger partial charge >= 0.3 is 0 Å². The van der Waals surface area contributed by atoms with Gasteiger partial charge in [0.05, 0.1) is 0 Å². The van der Waals surface area contributed by atoms with Crippen molar-refractivity contribution in [3.63, 3.8) is 0 Å². The van der Waals surface area contributed by atoms with Crippen molar-refractivity contribution >= 4 is 35.3 Å². The third-order valence-corrected chi connectivity index (χ3v) is 5.46. The standard InChI is InChI=1S/C18H22N4O2S2/c23-17(15-5-1-3-7-19-15)21-9-11-25-13-14-26-12-10-22-18(24)16-6-2-4-8-20-16/h1-8H,9-14H2,(H,21,23)(H,22,24). The first-order valence-corrected chi connectivity index (χ1v) is 10.6. The molecule has 0 aliphatic heterocycles. The average Bonchev–Trinajstić information content (AvgIpc) is 2.70. The molecule has 0 saturated carbocycles. The lowest BCUT2D eigenvalue weighted by molar-refractivity contribution is 0.0943. The van der Waals surface area contributed by atoms with Crippen LogP contribution in [0.5, 0.6) is 0 Å². The number of pyridine rings is 2. The number of hydrogen-bond acceptors (Lipinski definition) is 6. The second-order valence-corrected chi connectivity index (χ2v) is 7.62. The zero-order valence-corrected chi connectivity index (χ0v) is 16.0. The summed E-state index contributed by atoms with van der Waals surface area (Å²) in [6.45, 7) is 1.26. The van der Waals surface area contributed by atoms with Crippen molar-refractivity contribution < 1.29 is 9.59 Å². The molecule has 138 valence electrons. The highest BCUT2D eigenvalue weighted by atomic mass is 32.2. The maximum Gasteiger partial charge on any atom is 0.269 e. The third kappa shape index (κ3) is 7.88. The van der Waals surface area contributed by atoms with Gasteiger partial charge < -0.3 is 10.6 Å². The van der Waals surface area contributed by atoms with Crippen molar-refractivity contribution in [2.75, 3.05) is 36.1 Å². The van der Waals surface area contributed by atoms with Crippen LogP contribution < -0.4 is 10.6 Å². The maximum atomic E-state index is 11.8. The van der Waals surface area contributed by atoms with E-state index in [9.17, 15) is 9.59 Å². The molecule has 6 nitrogen and oxygen atoms in total. The number of carbonyl (C=O) groups excluding carboxylic acids is 2. The summed E-state index contributed by atoms with van der Waals surface area (Å²) in [5.74, 6) is 3.50. The Morgan fingerprint density at radius 2 is 1.19 bits per heavy atom. The molecule has 0 unspecified atom stereocenters. The van der Waals surface area contributed by atoms with Gasteiger partial charge in [0.15, 0.2) is 0 Å². The smallest absolute Gasteiger partial charge is 0.269 e. The molecule has 8 heteroatoms. The van der Waals surface area contributed by atoms with E-state index in [1.54, 1.807) is 72.3 Å². The lowest BCUT2D eigenvalue weighted by atomic mass is 10.3. The Hall–Kier alpha value is -2.06. The summed E-state index contributed by atoms with van der Waals surface area (Å²) < 4.78 is 0. The van der Waals surface area contributed by atoms with Gasteiger partial charge in [0.25, 0.3) is 11.8 Å². The van der Waals surface area contributed by atoms with Gasteiger partial charge in [0.2, 0.25) is 0 Å². The number of rotatable bonds is 11. The molecule has 0 aromatic carbocycles. The van der Waals surface area contributed by atoms with Gasteiger partial charge in [0, 0.05) is 48.5 Å². The Kier molecular flexibility index (Phi) is 9.60. The first-order chi connectivity index (χ1) is 12.8. The lowest BCUT2D eigenvalue weighted by Crippen LogP contribution is -2.26. The Bertz CT molecular complexity index is 612. The van der Waals surface area contributed by atoms with E-state index < -0.39 is 0 Å². The fourth-order valence-electron chi connectivity index (χ4n) is 1.97. The topological polar surface area (TPSA) is 84.0 Å².